The van der Waals surface area contributed by atoms with Gasteiger partial charge in [0.2, 0.25) is 0 Å². The summed E-state index contributed by atoms with van der Waals surface area (Å²) >= 11 is 0. The standard InChI is InChI=1S/C18H34O4/c1-2-3-4-12-15-18(21,22)16-13-10-8-6-5-7-9-11-14-17(19)20/h10,13,21-22H,2-9,11-12,14-16H2,1H3,(H,19,20). The van der Waals surface area contributed by atoms with Crippen molar-refractivity contribution >= 4 is 5.97 Å². The lowest BCUT2D eigenvalue weighted by Crippen LogP contribution is -2.26. The molecule has 22 heavy (non-hydrogen) atoms. The summed E-state index contributed by atoms with van der Waals surface area (Å²) in [5, 5.41) is 28.1. The lowest BCUT2D eigenvalue weighted by molar-refractivity contribution is -0.163. The van der Waals surface area contributed by atoms with Crippen molar-refractivity contribution in [1.82, 2.24) is 0 Å². The molecule has 0 fully saturated rings. The van der Waals surface area contributed by atoms with Crippen LogP contribution in [0.15, 0.2) is 12.2 Å². The minimum absolute atomic E-state index is 0.271. The molecular formula is C18H34O4. The zero-order valence-corrected chi connectivity index (χ0v) is 14.1. The molecule has 0 aliphatic rings. The van der Waals surface area contributed by atoms with Crippen LogP contribution in [0, 0.1) is 0 Å². The number of unbranched alkanes of at least 4 members (excludes halogenated alkanes) is 8. The fourth-order valence-electron chi connectivity index (χ4n) is 2.40. The first-order valence-corrected chi connectivity index (χ1v) is 8.79. The largest absolute Gasteiger partial charge is 0.481 e. The van der Waals surface area contributed by atoms with Crippen LogP contribution in [0.2, 0.25) is 0 Å². The molecule has 0 rings (SSSR count). The second-order valence-electron chi connectivity index (χ2n) is 6.17. The van der Waals surface area contributed by atoms with Crippen LogP contribution in [0.3, 0.4) is 0 Å². The second-order valence-corrected chi connectivity index (χ2v) is 6.17. The number of hydrogen-bond acceptors (Lipinski definition) is 3. The maximum Gasteiger partial charge on any atom is 0.303 e. The summed E-state index contributed by atoms with van der Waals surface area (Å²) in [5.74, 6) is -2.27. The summed E-state index contributed by atoms with van der Waals surface area (Å²) < 4.78 is 0. The van der Waals surface area contributed by atoms with E-state index in [9.17, 15) is 15.0 Å². The molecule has 0 aliphatic carbocycles. The van der Waals surface area contributed by atoms with Crippen molar-refractivity contribution in [3.8, 4) is 0 Å². The number of aliphatic hydroxyl groups is 2. The van der Waals surface area contributed by atoms with Gasteiger partial charge in [-0.25, -0.2) is 0 Å². The third kappa shape index (κ3) is 15.5. The van der Waals surface area contributed by atoms with Crippen molar-refractivity contribution in [1.29, 1.82) is 0 Å². The molecule has 0 saturated heterocycles. The first kappa shape index (κ1) is 21.1. The minimum Gasteiger partial charge on any atom is -0.481 e. The van der Waals surface area contributed by atoms with Gasteiger partial charge in [-0.15, -0.1) is 0 Å². The molecule has 3 N–H and O–H groups in total. The highest BCUT2D eigenvalue weighted by Crippen LogP contribution is 2.17. The van der Waals surface area contributed by atoms with Gasteiger partial charge in [0, 0.05) is 19.3 Å². The predicted molar refractivity (Wildman–Crippen MR) is 89.6 cm³/mol. The van der Waals surface area contributed by atoms with Crippen molar-refractivity contribution in [3.05, 3.63) is 12.2 Å². The first-order valence-electron chi connectivity index (χ1n) is 8.79. The van der Waals surface area contributed by atoms with Gasteiger partial charge < -0.3 is 15.3 Å². The summed E-state index contributed by atoms with van der Waals surface area (Å²) in [4.78, 5) is 10.3. The van der Waals surface area contributed by atoms with Gasteiger partial charge >= 0.3 is 5.97 Å². The number of aliphatic carboxylic acids is 1. The molecule has 0 aromatic heterocycles. The topological polar surface area (TPSA) is 77.8 Å². The Morgan fingerprint density at radius 2 is 1.55 bits per heavy atom. The fourth-order valence-corrected chi connectivity index (χ4v) is 2.40. The molecule has 4 nitrogen and oxygen atoms in total. The summed E-state index contributed by atoms with van der Waals surface area (Å²) in [7, 11) is 0. The SMILES string of the molecule is CCCCCCC(O)(O)CC=CCCCCCCCC(=O)O. The number of carboxylic acid groups (broad SMARTS) is 1. The summed E-state index contributed by atoms with van der Waals surface area (Å²) in [5.41, 5.74) is 0. The molecule has 0 aliphatic heterocycles. The molecule has 0 radical (unpaired) electrons. The van der Waals surface area contributed by atoms with Crippen molar-refractivity contribution in [2.45, 2.75) is 96.2 Å². The van der Waals surface area contributed by atoms with Gasteiger partial charge in [0.25, 0.3) is 0 Å². The van der Waals surface area contributed by atoms with Crippen LogP contribution in [-0.4, -0.2) is 27.1 Å². The normalized spacial score (nSPS) is 12.1. The molecule has 130 valence electrons. The molecule has 0 amide bonds. The monoisotopic (exact) mass is 314 g/mol. The molecule has 0 atom stereocenters. The lowest BCUT2D eigenvalue weighted by Gasteiger charge is -2.19. The number of allylic oxidation sites excluding steroid dienone is 1. The Morgan fingerprint density at radius 1 is 0.909 bits per heavy atom. The van der Waals surface area contributed by atoms with E-state index in [-0.39, 0.29) is 6.42 Å². The van der Waals surface area contributed by atoms with E-state index in [2.05, 4.69) is 6.92 Å². The Labute approximate surface area is 135 Å². The van der Waals surface area contributed by atoms with Crippen LogP contribution in [0.1, 0.15) is 90.4 Å². The smallest absolute Gasteiger partial charge is 0.303 e. The van der Waals surface area contributed by atoms with Gasteiger partial charge in [0.1, 0.15) is 0 Å². The first-order chi connectivity index (χ1) is 10.5. The van der Waals surface area contributed by atoms with Gasteiger partial charge in [0.05, 0.1) is 0 Å². The maximum atomic E-state index is 10.3. The summed E-state index contributed by atoms with van der Waals surface area (Å²) in [6.45, 7) is 2.14. The molecule has 0 aromatic carbocycles. The van der Waals surface area contributed by atoms with Crippen LogP contribution < -0.4 is 0 Å². The summed E-state index contributed by atoms with van der Waals surface area (Å²) in [6, 6.07) is 0. The third-order valence-electron chi connectivity index (χ3n) is 3.80. The Kier molecular flexibility index (Phi) is 13.2. The number of hydrogen-bond donors (Lipinski definition) is 3. The Balaban J connectivity index is 3.46. The second kappa shape index (κ2) is 13.8. The van der Waals surface area contributed by atoms with E-state index in [1.165, 1.54) is 0 Å². The zero-order valence-electron chi connectivity index (χ0n) is 14.1. The quantitative estimate of drug-likeness (QED) is 0.238. The number of carbonyl (C=O) groups is 1. The molecule has 4 heteroatoms. The van der Waals surface area contributed by atoms with E-state index in [0.29, 0.717) is 12.8 Å². The molecule has 0 aromatic rings. The number of rotatable bonds is 15. The highest BCUT2D eigenvalue weighted by atomic mass is 16.5. The van der Waals surface area contributed by atoms with E-state index in [1.54, 1.807) is 0 Å². The predicted octanol–water partition coefficient (Wildman–Crippen LogP) is 4.40. The Bertz CT molecular complexity index is 297. The van der Waals surface area contributed by atoms with E-state index < -0.39 is 11.8 Å². The number of carboxylic acids is 1. The van der Waals surface area contributed by atoms with Crippen LogP contribution in [0.25, 0.3) is 0 Å². The van der Waals surface area contributed by atoms with Crippen LogP contribution in [-0.2, 0) is 4.79 Å². The van der Waals surface area contributed by atoms with E-state index in [1.807, 2.05) is 12.2 Å². The zero-order chi connectivity index (χ0) is 16.7. The van der Waals surface area contributed by atoms with Crippen molar-refractivity contribution in [3.63, 3.8) is 0 Å². The van der Waals surface area contributed by atoms with Gasteiger partial charge in [-0.1, -0.05) is 57.6 Å². The molecule has 0 bridgehead atoms. The van der Waals surface area contributed by atoms with Crippen LogP contribution in [0.4, 0.5) is 0 Å². The van der Waals surface area contributed by atoms with Gasteiger partial charge in [-0.05, 0) is 25.7 Å². The summed E-state index contributed by atoms with van der Waals surface area (Å²) in [6.07, 6.45) is 15.1. The third-order valence-corrected chi connectivity index (χ3v) is 3.80. The average Bonchev–Trinajstić information content (AvgIpc) is 2.45. The fraction of sp³-hybridized carbons (Fsp3) is 0.833. The molecular weight excluding hydrogens is 280 g/mol. The maximum absolute atomic E-state index is 10.3. The highest BCUT2D eigenvalue weighted by Gasteiger charge is 2.19. The van der Waals surface area contributed by atoms with Gasteiger partial charge in [0.15, 0.2) is 5.79 Å². The van der Waals surface area contributed by atoms with E-state index >= 15 is 0 Å². The Morgan fingerprint density at radius 3 is 2.23 bits per heavy atom. The minimum atomic E-state index is -1.55. The molecule has 0 spiro atoms. The van der Waals surface area contributed by atoms with E-state index in [4.69, 9.17) is 5.11 Å². The molecule has 0 heterocycles. The van der Waals surface area contributed by atoms with Gasteiger partial charge in [-0.3, -0.25) is 4.79 Å². The highest BCUT2D eigenvalue weighted by molar-refractivity contribution is 5.66. The molecule has 0 unspecified atom stereocenters. The van der Waals surface area contributed by atoms with Crippen molar-refractivity contribution in [2.24, 2.45) is 0 Å². The van der Waals surface area contributed by atoms with E-state index in [0.717, 1.165) is 64.2 Å². The Hall–Kier alpha value is -0.870. The van der Waals surface area contributed by atoms with Crippen molar-refractivity contribution < 1.29 is 20.1 Å². The average molecular weight is 314 g/mol. The molecule has 0 saturated carbocycles. The van der Waals surface area contributed by atoms with Gasteiger partial charge in [-0.2, -0.15) is 0 Å². The lowest BCUT2D eigenvalue weighted by atomic mass is 10.0. The van der Waals surface area contributed by atoms with Crippen LogP contribution >= 0.6 is 0 Å². The van der Waals surface area contributed by atoms with Crippen molar-refractivity contribution in [2.75, 3.05) is 0 Å². The van der Waals surface area contributed by atoms with Crippen LogP contribution in [0.5, 0.6) is 0 Å².